The molecule has 3 rings (SSSR count). The number of furan rings is 1. The van der Waals surface area contributed by atoms with Gasteiger partial charge in [-0.3, -0.25) is 4.79 Å². The normalized spacial score (nSPS) is 11.4. The quantitative estimate of drug-likeness (QED) is 0.612. The number of carbonyl (C=O) groups is 1. The zero-order valence-corrected chi connectivity index (χ0v) is 17.6. The Hall–Kier alpha value is -2.61. The van der Waals surface area contributed by atoms with E-state index in [2.05, 4.69) is 4.72 Å². The van der Waals surface area contributed by atoms with Gasteiger partial charge in [-0.1, -0.05) is 35.9 Å². The third-order valence-corrected chi connectivity index (χ3v) is 6.25. The predicted molar refractivity (Wildman–Crippen MR) is 111 cm³/mol. The van der Waals surface area contributed by atoms with Crippen LogP contribution in [-0.4, -0.2) is 26.3 Å². The summed E-state index contributed by atoms with van der Waals surface area (Å²) in [5, 5.41) is 0.572. The number of amides is 1. The van der Waals surface area contributed by atoms with E-state index in [1.807, 2.05) is 18.2 Å². The number of hydrogen-bond acceptors (Lipinski definition) is 4. The van der Waals surface area contributed by atoms with Crippen LogP contribution in [0, 0.1) is 6.92 Å². The number of carbonyl (C=O) groups excluding carboxylic acids is 1. The minimum atomic E-state index is -3.80. The maximum Gasteiger partial charge on any atom is 0.254 e. The fourth-order valence-electron chi connectivity index (χ4n) is 2.82. The van der Waals surface area contributed by atoms with Gasteiger partial charge in [-0.2, -0.15) is 0 Å². The van der Waals surface area contributed by atoms with Gasteiger partial charge in [0.2, 0.25) is 10.0 Å². The lowest BCUT2D eigenvalue weighted by molar-refractivity contribution is 0.0784. The van der Waals surface area contributed by atoms with Gasteiger partial charge in [0.25, 0.3) is 5.91 Å². The summed E-state index contributed by atoms with van der Waals surface area (Å²) in [5.41, 5.74) is 1.82. The molecule has 6 nitrogen and oxygen atoms in total. The van der Waals surface area contributed by atoms with E-state index in [-0.39, 0.29) is 17.3 Å². The standard InChI is InChI=1S/C21H21ClN2O4S/c1-15-9-10-18(29(26,27)23-13-17-7-5-11-28-17)12-19(15)21(25)24(2)14-16-6-3-4-8-20(16)22/h3-12,23H,13-14H2,1-2H3. The second kappa shape index (κ2) is 8.82. The summed E-state index contributed by atoms with van der Waals surface area (Å²) in [4.78, 5) is 14.5. The molecule has 8 heteroatoms. The van der Waals surface area contributed by atoms with Gasteiger partial charge in [0.1, 0.15) is 5.76 Å². The molecule has 0 aliphatic rings. The summed E-state index contributed by atoms with van der Waals surface area (Å²) in [6.07, 6.45) is 1.47. The zero-order chi connectivity index (χ0) is 21.0. The van der Waals surface area contributed by atoms with Gasteiger partial charge >= 0.3 is 0 Å². The van der Waals surface area contributed by atoms with Gasteiger partial charge in [-0.25, -0.2) is 13.1 Å². The molecular formula is C21H21ClN2O4S. The average molecular weight is 433 g/mol. The number of nitrogens with zero attached hydrogens (tertiary/aromatic N) is 1. The van der Waals surface area contributed by atoms with E-state index in [4.69, 9.17) is 16.0 Å². The van der Waals surface area contributed by atoms with E-state index in [1.54, 1.807) is 38.2 Å². The highest BCUT2D eigenvalue weighted by Gasteiger charge is 2.20. The van der Waals surface area contributed by atoms with Crippen LogP contribution in [-0.2, 0) is 23.1 Å². The number of hydrogen-bond donors (Lipinski definition) is 1. The van der Waals surface area contributed by atoms with Crippen molar-refractivity contribution in [1.82, 2.24) is 9.62 Å². The molecule has 2 aromatic carbocycles. The van der Waals surface area contributed by atoms with E-state index in [0.717, 1.165) is 5.56 Å². The summed E-state index contributed by atoms with van der Waals surface area (Å²) in [6, 6.07) is 15.1. The second-order valence-corrected chi connectivity index (χ2v) is 8.81. The molecule has 0 saturated heterocycles. The van der Waals surface area contributed by atoms with E-state index in [0.29, 0.717) is 28.5 Å². The molecule has 1 amide bonds. The molecule has 1 heterocycles. The average Bonchev–Trinajstić information content (AvgIpc) is 3.21. The molecule has 0 aliphatic carbocycles. The highest BCUT2D eigenvalue weighted by Crippen LogP contribution is 2.21. The summed E-state index contributed by atoms with van der Waals surface area (Å²) in [6.45, 7) is 2.10. The van der Waals surface area contributed by atoms with Crippen molar-refractivity contribution in [2.45, 2.75) is 24.9 Å². The van der Waals surface area contributed by atoms with Crippen molar-refractivity contribution in [3.05, 3.63) is 88.3 Å². The first-order chi connectivity index (χ1) is 13.8. The van der Waals surface area contributed by atoms with Crippen molar-refractivity contribution in [1.29, 1.82) is 0 Å². The lowest BCUT2D eigenvalue weighted by Crippen LogP contribution is -2.28. The van der Waals surface area contributed by atoms with Gasteiger partial charge in [-0.15, -0.1) is 0 Å². The highest BCUT2D eigenvalue weighted by atomic mass is 35.5. The third-order valence-electron chi connectivity index (χ3n) is 4.48. The van der Waals surface area contributed by atoms with Crippen LogP contribution in [0.2, 0.25) is 5.02 Å². The second-order valence-electron chi connectivity index (χ2n) is 6.63. The Morgan fingerprint density at radius 1 is 1.14 bits per heavy atom. The molecule has 0 radical (unpaired) electrons. The van der Waals surface area contributed by atoms with Crippen molar-refractivity contribution >= 4 is 27.5 Å². The fourth-order valence-corrected chi connectivity index (χ4v) is 4.04. The summed E-state index contributed by atoms with van der Waals surface area (Å²) >= 11 is 6.18. The Bertz CT molecular complexity index is 1110. The lowest BCUT2D eigenvalue weighted by Gasteiger charge is -2.19. The van der Waals surface area contributed by atoms with Gasteiger partial charge < -0.3 is 9.32 Å². The maximum atomic E-state index is 13.0. The first-order valence-electron chi connectivity index (χ1n) is 8.89. The number of rotatable bonds is 7. The molecule has 3 aromatic rings. The molecule has 29 heavy (non-hydrogen) atoms. The lowest BCUT2D eigenvalue weighted by atomic mass is 10.1. The van der Waals surface area contributed by atoms with E-state index < -0.39 is 10.0 Å². The first kappa shape index (κ1) is 21.1. The van der Waals surface area contributed by atoms with Crippen molar-refractivity contribution < 1.29 is 17.6 Å². The van der Waals surface area contributed by atoms with Crippen LogP contribution >= 0.6 is 11.6 Å². The van der Waals surface area contributed by atoms with Crippen molar-refractivity contribution in [3.63, 3.8) is 0 Å². The Balaban J connectivity index is 1.80. The first-order valence-corrected chi connectivity index (χ1v) is 10.8. The Kier molecular flexibility index (Phi) is 6.42. The molecule has 0 aliphatic heterocycles. The minimum Gasteiger partial charge on any atom is -0.468 e. The van der Waals surface area contributed by atoms with Crippen LogP contribution in [0.5, 0.6) is 0 Å². The van der Waals surface area contributed by atoms with Crippen LogP contribution in [0.3, 0.4) is 0 Å². The topological polar surface area (TPSA) is 79.6 Å². The predicted octanol–water partition coefficient (Wildman–Crippen LogP) is 3.99. The molecule has 152 valence electrons. The molecule has 0 saturated carbocycles. The highest BCUT2D eigenvalue weighted by molar-refractivity contribution is 7.89. The third kappa shape index (κ3) is 5.06. The molecule has 1 aromatic heterocycles. The molecule has 0 fully saturated rings. The Morgan fingerprint density at radius 2 is 1.90 bits per heavy atom. The van der Waals surface area contributed by atoms with Crippen molar-refractivity contribution in [3.8, 4) is 0 Å². The van der Waals surface area contributed by atoms with Gasteiger partial charge in [0.05, 0.1) is 17.7 Å². The molecule has 0 spiro atoms. The summed E-state index contributed by atoms with van der Waals surface area (Å²) in [7, 11) is -2.15. The summed E-state index contributed by atoms with van der Waals surface area (Å²) in [5.74, 6) is 0.210. The van der Waals surface area contributed by atoms with Crippen LogP contribution in [0.25, 0.3) is 0 Å². The van der Waals surface area contributed by atoms with Crippen LogP contribution < -0.4 is 4.72 Å². The maximum absolute atomic E-state index is 13.0. The zero-order valence-electron chi connectivity index (χ0n) is 16.1. The van der Waals surface area contributed by atoms with Crippen LogP contribution in [0.1, 0.15) is 27.2 Å². The molecular weight excluding hydrogens is 412 g/mol. The van der Waals surface area contributed by atoms with Gasteiger partial charge in [0.15, 0.2) is 0 Å². The van der Waals surface area contributed by atoms with Crippen LogP contribution in [0.4, 0.5) is 0 Å². The van der Waals surface area contributed by atoms with Crippen molar-refractivity contribution in [2.75, 3.05) is 7.05 Å². The Morgan fingerprint density at radius 3 is 2.59 bits per heavy atom. The molecule has 1 N–H and O–H groups in total. The largest absolute Gasteiger partial charge is 0.468 e. The van der Waals surface area contributed by atoms with Gasteiger partial charge in [-0.05, 0) is 48.4 Å². The number of sulfonamides is 1. The van der Waals surface area contributed by atoms with E-state index >= 15 is 0 Å². The molecule has 0 unspecified atom stereocenters. The molecule has 0 atom stereocenters. The SMILES string of the molecule is Cc1ccc(S(=O)(=O)NCc2ccco2)cc1C(=O)N(C)Cc1ccccc1Cl. The number of benzene rings is 2. The number of halogens is 1. The van der Waals surface area contributed by atoms with E-state index in [9.17, 15) is 13.2 Å². The number of aryl methyl sites for hydroxylation is 1. The van der Waals surface area contributed by atoms with Gasteiger partial charge in [0, 0.05) is 24.2 Å². The van der Waals surface area contributed by atoms with Crippen molar-refractivity contribution in [2.24, 2.45) is 0 Å². The fraction of sp³-hybridized carbons (Fsp3) is 0.190. The Labute approximate surface area is 175 Å². The monoisotopic (exact) mass is 432 g/mol. The van der Waals surface area contributed by atoms with Crippen LogP contribution in [0.15, 0.2) is 70.2 Å². The smallest absolute Gasteiger partial charge is 0.254 e. The summed E-state index contributed by atoms with van der Waals surface area (Å²) < 4.78 is 32.9. The van der Waals surface area contributed by atoms with E-state index in [1.165, 1.54) is 23.3 Å². The minimum absolute atomic E-state index is 0.0177. The molecule has 0 bridgehead atoms. The number of nitrogens with one attached hydrogen (secondary N) is 1.